The summed E-state index contributed by atoms with van der Waals surface area (Å²) < 4.78 is 4.45. The summed E-state index contributed by atoms with van der Waals surface area (Å²) in [5, 5.41) is 0. The van der Waals surface area contributed by atoms with Crippen LogP contribution < -0.4 is 4.90 Å². The molecule has 2 aliphatic heterocycles. The number of imidazole rings is 2. The van der Waals surface area contributed by atoms with E-state index >= 15 is 0 Å². The van der Waals surface area contributed by atoms with Crippen molar-refractivity contribution in [2.45, 2.75) is 65.5 Å². The van der Waals surface area contributed by atoms with Crippen molar-refractivity contribution < 1.29 is 0 Å². The Morgan fingerprint density at radius 1 is 1.04 bits per heavy atom. The van der Waals surface area contributed by atoms with E-state index in [1.807, 2.05) is 0 Å². The number of aromatic nitrogens is 3. The molecule has 0 radical (unpaired) electrons. The van der Waals surface area contributed by atoms with Crippen molar-refractivity contribution in [2.24, 2.45) is 12.5 Å². The van der Waals surface area contributed by atoms with Crippen LogP contribution in [0.15, 0.2) is 30.6 Å². The number of anilines is 1. The highest BCUT2D eigenvalue weighted by molar-refractivity contribution is 5.72. The van der Waals surface area contributed by atoms with E-state index < -0.39 is 0 Å². The maximum atomic E-state index is 5.10. The predicted octanol–water partition coefficient (Wildman–Crippen LogP) is 5.10. The molecule has 0 bridgehead atoms. The van der Waals surface area contributed by atoms with Crippen molar-refractivity contribution >= 4 is 11.5 Å². The number of aryl methyl sites for hydroxylation is 2. The number of para-hydroxylation sites is 1. The SMILES string of the molecule is Cc1cccc2c1N1[C@@H](C)c3nc4n(C)ccn4c3C1(C)C(C)(C)C2(C)C. The summed E-state index contributed by atoms with van der Waals surface area (Å²) in [6, 6.07) is 7.05. The van der Waals surface area contributed by atoms with Gasteiger partial charge in [-0.05, 0) is 37.3 Å². The van der Waals surface area contributed by atoms with Crippen LogP contribution in [0.5, 0.6) is 0 Å². The smallest absolute Gasteiger partial charge is 0.214 e. The highest BCUT2D eigenvalue weighted by atomic mass is 15.3. The molecule has 0 saturated heterocycles. The molecule has 27 heavy (non-hydrogen) atoms. The second-order valence-corrected chi connectivity index (χ2v) is 9.76. The molecule has 4 heterocycles. The lowest BCUT2D eigenvalue weighted by Gasteiger charge is -2.62. The van der Waals surface area contributed by atoms with Crippen LogP contribution in [0, 0.1) is 12.3 Å². The quantitative estimate of drug-likeness (QED) is 0.556. The first-order valence-electron chi connectivity index (χ1n) is 9.98. The second kappa shape index (κ2) is 4.60. The van der Waals surface area contributed by atoms with E-state index in [0.717, 1.165) is 5.78 Å². The number of fused-ring (bicyclic) bond motifs is 7. The standard InChI is InChI=1S/C23H30N4/c1-14-10-9-11-16-18(14)27-15(2)17-19(26-13-12-25(8)20(26)24-17)23(27,7)22(5,6)21(16,3)4/h9-13,15H,1-8H3/t15-,23?/m0/s1. The first-order chi connectivity index (χ1) is 12.5. The van der Waals surface area contributed by atoms with Crippen LogP contribution in [-0.2, 0) is 18.0 Å². The molecule has 4 heteroatoms. The fraction of sp³-hybridized carbons (Fsp3) is 0.522. The van der Waals surface area contributed by atoms with Crippen LogP contribution in [0.25, 0.3) is 5.78 Å². The van der Waals surface area contributed by atoms with Crippen molar-refractivity contribution in [3.8, 4) is 0 Å². The topological polar surface area (TPSA) is 25.5 Å². The molecule has 0 N–H and O–H groups in total. The Hall–Kier alpha value is -2.23. The number of hydrogen-bond acceptors (Lipinski definition) is 2. The number of rotatable bonds is 0. The van der Waals surface area contributed by atoms with Crippen LogP contribution >= 0.6 is 0 Å². The van der Waals surface area contributed by atoms with Crippen LogP contribution in [0.2, 0.25) is 0 Å². The number of nitrogens with zero attached hydrogens (tertiary/aromatic N) is 4. The molecule has 4 nitrogen and oxygen atoms in total. The van der Waals surface area contributed by atoms with E-state index in [1.165, 1.54) is 28.2 Å². The summed E-state index contributed by atoms with van der Waals surface area (Å²) in [7, 11) is 2.08. The van der Waals surface area contributed by atoms with Crippen molar-refractivity contribution in [1.29, 1.82) is 0 Å². The highest BCUT2D eigenvalue weighted by Crippen LogP contribution is 2.67. The average molecular weight is 363 g/mol. The van der Waals surface area contributed by atoms with Crippen LogP contribution in [0.3, 0.4) is 0 Å². The van der Waals surface area contributed by atoms with E-state index in [9.17, 15) is 0 Å². The Morgan fingerprint density at radius 3 is 2.44 bits per heavy atom. The monoisotopic (exact) mass is 362 g/mol. The molecule has 0 amide bonds. The molecule has 0 spiro atoms. The van der Waals surface area contributed by atoms with Crippen molar-refractivity contribution in [3.05, 3.63) is 53.1 Å². The van der Waals surface area contributed by atoms with Gasteiger partial charge in [-0.2, -0.15) is 0 Å². The largest absolute Gasteiger partial charge is 0.351 e. The Labute approximate surface area is 161 Å². The molecule has 3 aromatic rings. The zero-order valence-electron chi connectivity index (χ0n) is 17.8. The van der Waals surface area contributed by atoms with Gasteiger partial charge in [0.1, 0.15) is 0 Å². The lowest BCUT2D eigenvalue weighted by atomic mass is 9.52. The summed E-state index contributed by atoms with van der Waals surface area (Å²) in [4.78, 5) is 7.77. The van der Waals surface area contributed by atoms with Gasteiger partial charge >= 0.3 is 0 Å². The average Bonchev–Trinajstić information content (AvgIpc) is 3.20. The fourth-order valence-electron chi connectivity index (χ4n) is 5.90. The molecule has 142 valence electrons. The first-order valence-corrected chi connectivity index (χ1v) is 9.98. The summed E-state index contributed by atoms with van der Waals surface area (Å²) in [5.41, 5.74) is 6.68. The molecular weight excluding hydrogens is 332 g/mol. The van der Waals surface area contributed by atoms with E-state index in [4.69, 9.17) is 4.98 Å². The van der Waals surface area contributed by atoms with Crippen LogP contribution in [-0.4, -0.2) is 14.0 Å². The molecule has 5 rings (SSSR count). The van der Waals surface area contributed by atoms with Gasteiger partial charge in [-0.25, -0.2) is 4.98 Å². The maximum absolute atomic E-state index is 5.10. The molecule has 0 aliphatic carbocycles. The van der Waals surface area contributed by atoms with Gasteiger partial charge in [0, 0.05) is 30.5 Å². The lowest BCUT2D eigenvalue weighted by molar-refractivity contribution is 0.0619. The van der Waals surface area contributed by atoms with Crippen molar-refractivity contribution in [3.63, 3.8) is 0 Å². The van der Waals surface area contributed by atoms with Gasteiger partial charge in [0.15, 0.2) is 0 Å². The number of benzene rings is 1. The van der Waals surface area contributed by atoms with Gasteiger partial charge in [-0.3, -0.25) is 4.40 Å². The van der Waals surface area contributed by atoms with Crippen LogP contribution in [0.1, 0.15) is 70.1 Å². The molecule has 2 atom stereocenters. The summed E-state index contributed by atoms with van der Waals surface area (Å²) in [6.07, 6.45) is 4.29. The van der Waals surface area contributed by atoms with E-state index in [-0.39, 0.29) is 22.4 Å². The normalized spacial score (nSPS) is 27.6. The van der Waals surface area contributed by atoms with E-state index in [2.05, 4.69) is 100.0 Å². The lowest BCUT2D eigenvalue weighted by Crippen LogP contribution is -2.62. The van der Waals surface area contributed by atoms with E-state index in [1.54, 1.807) is 0 Å². The third-order valence-electron chi connectivity index (χ3n) is 8.33. The van der Waals surface area contributed by atoms with Gasteiger partial charge in [-0.15, -0.1) is 0 Å². The Kier molecular flexibility index (Phi) is 2.88. The molecule has 1 unspecified atom stereocenters. The van der Waals surface area contributed by atoms with Gasteiger partial charge in [-0.1, -0.05) is 45.9 Å². The minimum absolute atomic E-state index is 0.00606. The Morgan fingerprint density at radius 2 is 1.74 bits per heavy atom. The highest BCUT2D eigenvalue weighted by Gasteiger charge is 2.65. The summed E-state index contributed by atoms with van der Waals surface area (Å²) >= 11 is 0. The van der Waals surface area contributed by atoms with Crippen molar-refractivity contribution in [1.82, 2.24) is 14.0 Å². The summed E-state index contributed by atoms with van der Waals surface area (Å²) in [5.74, 6) is 1.04. The number of hydrogen-bond donors (Lipinski definition) is 0. The second-order valence-electron chi connectivity index (χ2n) is 9.76. The van der Waals surface area contributed by atoms with Gasteiger partial charge in [0.05, 0.1) is 23.0 Å². The third-order valence-corrected chi connectivity index (χ3v) is 8.33. The zero-order valence-corrected chi connectivity index (χ0v) is 17.8. The molecule has 2 aromatic heterocycles. The van der Waals surface area contributed by atoms with Gasteiger partial charge in [0.25, 0.3) is 0 Å². The molecule has 1 aromatic carbocycles. The van der Waals surface area contributed by atoms with Crippen LogP contribution in [0.4, 0.5) is 5.69 Å². The molecule has 0 saturated carbocycles. The Balaban J connectivity index is 1.94. The molecular formula is C23H30N4. The van der Waals surface area contributed by atoms with Crippen molar-refractivity contribution in [2.75, 3.05) is 4.90 Å². The van der Waals surface area contributed by atoms with Gasteiger partial charge < -0.3 is 9.47 Å². The molecule has 0 fully saturated rings. The minimum Gasteiger partial charge on any atom is -0.351 e. The third kappa shape index (κ3) is 1.57. The predicted molar refractivity (Wildman–Crippen MR) is 110 cm³/mol. The van der Waals surface area contributed by atoms with E-state index in [0.29, 0.717) is 0 Å². The van der Waals surface area contributed by atoms with Gasteiger partial charge in [0.2, 0.25) is 5.78 Å². The maximum Gasteiger partial charge on any atom is 0.214 e. The zero-order chi connectivity index (χ0) is 19.5. The Bertz CT molecular complexity index is 1100. The minimum atomic E-state index is -0.148. The summed E-state index contributed by atoms with van der Waals surface area (Å²) in [6.45, 7) is 16.7. The molecule has 2 aliphatic rings. The first kappa shape index (κ1) is 16.9. The fourth-order valence-corrected chi connectivity index (χ4v) is 5.90.